The summed E-state index contributed by atoms with van der Waals surface area (Å²) in [6, 6.07) is 13.1. The number of rotatable bonds is 6. The molecule has 0 spiro atoms. The standard InChI is InChI=1S/C21H16FN3O4S/c1-13-7-8-15(12-17(13)22)23-20(26)18(24-21(27)19-6-3-9-30-19)11-14-4-2-5-16(10-14)25(28)29/h2-12H,1H3,(H,23,26)(H,24,27). The van der Waals surface area contributed by atoms with E-state index in [0.717, 1.165) is 0 Å². The van der Waals surface area contributed by atoms with E-state index in [2.05, 4.69) is 10.6 Å². The zero-order chi connectivity index (χ0) is 21.7. The second-order valence-corrected chi connectivity index (χ2v) is 7.21. The summed E-state index contributed by atoms with van der Waals surface area (Å²) >= 11 is 1.20. The molecule has 152 valence electrons. The molecule has 1 aromatic heterocycles. The van der Waals surface area contributed by atoms with Crippen molar-refractivity contribution in [3.8, 4) is 0 Å². The molecule has 3 rings (SSSR count). The third-order valence-corrected chi connectivity index (χ3v) is 4.93. The van der Waals surface area contributed by atoms with Gasteiger partial charge in [-0.3, -0.25) is 19.7 Å². The summed E-state index contributed by atoms with van der Waals surface area (Å²) in [6.45, 7) is 1.59. The zero-order valence-corrected chi connectivity index (χ0v) is 16.5. The number of halogens is 1. The molecule has 0 fully saturated rings. The van der Waals surface area contributed by atoms with Gasteiger partial charge in [-0.05, 0) is 47.7 Å². The lowest BCUT2D eigenvalue weighted by Gasteiger charge is -2.11. The molecular formula is C21H16FN3O4S. The molecule has 0 radical (unpaired) electrons. The molecule has 0 saturated carbocycles. The highest BCUT2D eigenvalue weighted by Gasteiger charge is 2.17. The van der Waals surface area contributed by atoms with Gasteiger partial charge in [-0.2, -0.15) is 0 Å². The maximum absolute atomic E-state index is 13.8. The first-order chi connectivity index (χ1) is 14.3. The molecule has 0 aliphatic carbocycles. The quantitative estimate of drug-likeness (QED) is 0.345. The Morgan fingerprint density at radius 1 is 1.13 bits per heavy atom. The molecule has 3 aromatic rings. The van der Waals surface area contributed by atoms with Crippen LogP contribution in [0.5, 0.6) is 0 Å². The molecule has 0 unspecified atom stereocenters. The van der Waals surface area contributed by atoms with Crippen LogP contribution in [0.4, 0.5) is 15.8 Å². The highest BCUT2D eigenvalue weighted by atomic mass is 32.1. The number of hydrogen-bond acceptors (Lipinski definition) is 5. The van der Waals surface area contributed by atoms with Crippen molar-refractivity contribution in [1.82, 2.24) is 5.32 Å². The molecule has 2 amide bonds. The van der Waals surface area contributed by atoms with Gasteiger partial charge in [0.05, 0.1) is 9.80 Å². The Kier molecular flexibility index (Phi) is 6.33. The van der Waals surface area contributed by atoms with Crippen LogP contribution in [0.25, 0.3) is 6.08 Å². The molecule has 9 heteroatoms. The van der Waals surface area contributed by atoms with Crippen molar-refractivity contribution in [3.05, 3.63) is 97.6 Å². The van der Waals surface area contributed by atoms with Crippen LogP contribution >= 0.6 is 11.3 Å². The van der Waals surface area contributed by atoms with E-state index < -0.39 is 22.6 Å². The van der Waals surface area contributed by atoms with E-state index in [1.165, 1.54) is 53.8 Å². The minimum absolute atomic E-state index is 0.144. The number of nitro groups is 1. The zero-order valence-electron chi connectivity index (χ0n) is 15.7. The van der Waals surface area contributed by atoms with Crippen molar-refractivity contribution in [2.45, 2.75) is 6.92 Å². The summed E-state index contributed by atoms with van der Waals surface area (Å²) in [5.74, 6) is -1.69. The number of amides is 2. The van der Waals surface area contributed by atoms with Crippen LogP contribution < -0.4 is 10.6 Å². The first-order valence-corrected chi connectivity index (χ1v) is 9.60. The number of hydrogen-bond donors (Lipinski definition) is 2. The number of non-ortho nitro benzene ring substituents is 1. The van der Waals surface area contributed by atoms with Gasteiger partial charge in [-0.25, -0.2) is 4.39 Å². The second kappa shape index (κ2) is 9.10. The van der Waals surface area contributed by atoms with Crippen LogP contribution in [-0.4, -0.2) is 16.7 Å². The molecule has 2 N–H and O–H groups in total. The van der Waals surface area contributed by atoms with Gasteiger partial charge >= 0.3 is 0 Å². The number of carbonyl (C=O) groups is 2. The van der Waals surface area contributed by atoms with E-state index in [0.29, 0.717) is 16.0 Å². The van der Waals surface area contributed by atoms with E-state index in [9.17, 15) is 24.1 Å². The third-order valence-electron chi connectivity index (χ3n) is 4.06. The molecule has 0 saturated heterocycles. The van der Waals surface area contributed by atoms with Crippen molar-refractivity contribution >= 4 is 40.6 Å². The maximum atomic E-state index is 13.8. The van der Waals surface area contributed by atoms with Gasteiger partial charge in [0, 0.05) is 17.8 Å². The molecule has 0 bridgehead atoms. The number of anilines is 1. The molecule has 0 aliphatic heterocycles. The third kappa shape index (κ3) is 5.15. The van der Waals surface area contributed by atoms with Gasteiger partial charge in [0.25, 0.3) is 17.5 Å². The monoisotopic (exact) mass is 425 g/mol. The first kappa shape index (κ1) is 20.9. The SMILES string of the molecule is Cc1ccc(NC(=O)C(=Cc2cccc([N+](=O)[O-])c2)NC(=O)c2cccs2)cc1F. The Morgan fingerprint density at radius 3 is 2.60 bits per heavy atom. The van der Waals surface area contributed by atoms with Crippen LogP contribution in [-0.2, 0) is 4.79 Å². The van der Waals surface area contributed by atoms with Crippen LogP contribution in [0, 0.1) is 22.9 Å². The van der Waals surface area contributed by atoms with E-state index in [1.807, 2.05) is 0 Å². The van der Waals surface area contributed by atoms with Crippen molar-refractivity contribution in [2.24, 2.45) is 0 Å². The van der Waals surface area contributed by atoms with E-state index in [4.69, 9.17) is 0 Å². The van der Waals surface area contributed by atoms with E-state index in [1.54, 1.807) is 30.5 Å². The van der Waals surface area contributed by atoms with Crippen LogP contribution in [0.1, 0.15) is 20.8 Å². The highest BCUT2D eigenvalue weighted by Crippen LogP contribution is 2.18. The smallest absolute Gasteiger partial charge is 0.272 e. The minimum Gasteiger partial charge on any atom is -0.321 e. The van der Waals surface area contributed by atoms with E-state index in [-0.39, 0.29) is 17.1 Å². The lowest BCUT2D eigenvalue weighted by Crippen LogP contribution is -2.30. The number of thiophene rings is 1. The Bertz CT molecular complexity index is 1140. The Morgan fingerprint density at radius 2 is 1.93 bits per heavy atom. The number of carbonyl (C=O) groups excluding carboxylic acids is 2. The minimum atomic E-state index is -0.699. The lowest BCUT2D eigenvalue weighted by molar-refractivity contribution is -0.384. The van der Waals surface area contributed by atoms with Gasteiger partial charge in [0.2, 0.25) is 0 Å². The van der Waals surface area contributed by atoms with Crippen molar-refractivity contribution in [3.63, 3.8) is 0 Å². The summed E-state index contributed by atoms with van der Waals surface area (Å²) < 4.78 is 13.8. The lowest BCUT2D eigenvalue weighted by atomic mass is 10.1. The highest BCUT2D eigenvalue weighted by molar-refractivity contribution is 7.12. The van der Waals surface area contributed by atoms with Gasteiger partial charge in [-0.15, -0.1) is 11.3 Å². The average molecular weight is 425 g/mol. The van der Waals surface area contributed by atoms with Gasteiger partial charge in [0.15, 0.2) is 0 Å². The van der Waals surface area contributed by atoms with Crippen molar-refractivity contribution in [1.29, 1.82) is 0 Å². The van der Waals surface area contributed by atoms with Gasteiger partial charge in [0.1, 0.15) is 11.5 Å². The molecule has 1 heterocycles. The summed E-state index contributed by atoms with van der Waals surface area (Å²) in [7, 11) is 0. The molecule has 2 aromatic carbocycles. The molecule has 7 nitrogen and oxygen atoms in total. The van der Waals surface area contributed by atoms with Gasteiger partial charge < -0.3 is 10.6 Å². The maximum Gasteiger partial charge on any atom is 0.272 e. The fraction of sp³-hybridized carbons (Fsp3) is 0.0476. The fourth-order valence-corrected chi connectivity index (χ4v) is 3.13. The number of nitro benzene ring substituents is 1. The van der Waals surface area contributed by atoms with Crippen LogP contribution in [0.15, 0.2) is 65.7 Å². The molecule has 30 heavy (non-hydrogen) atoms. The fourth-order valence-electron chi connectivity index (χ4n) is 2.51. The van der Waals surface area contributed by atoms with Crippen LogP contribution in [0.2, 0.25) is 0 Å². The summed E-state index contributed by atoms with van der Waals surface area (Å²) in [5.41, 5.74) is 0.671. The van der Waals surface area contributed by atoms with Gasteiger partial charge in [-0.1, -0.05) is 24.3 Å². The predicted molar refractivity (Wildman–Crippen MR) is 113 cm³/mol. The number of nitrogens with one attached hydrogen (secondary N) is 2. The Hall–Kier alpha value is -3.85. The number of nitrogens with zero attached hydrogens (tertiary/aromatic N) is 1. The average Bonchev–Trinajstić information content (AvgIpc) is 3.25. The Labute approximate surface area is 175 Å². The predicted octanol–water partition coefficient (Wildman–Crippen LogP) is 4.51. The Balaban J connectivity index is 1.92. The van der Waals surface area contributed by atoms with E-state index >= 15 is 0 Å². The summed E-state index contributed by atoms with van der Waals surface area (Å²) in [4.78, 5) is 36.1. The second-order valence-electron chi connectivity index (χ2n) is 6.26. The summed E-state index contributed by atoms with van der Waals surface area (Å²) in [6.07, 6.45) is 1.32. The van der Waals surface area contributed by atoms with Crippen molar-refractivity contribution < 1.29 is 18.9 Å². The number of benzene rings is 2. The molecule has 0 atom stereocenters. The van der Waals surface area contributed by atoms with Crippen molar-refractivity contribution in [2.75, 3.05) is 5.32 Å². The first-order valence-electron chi connectivity index (χ1n) is 8.72. The number of aryl methyl sites for hydroxylation is 1. The molecular weight excluding hydrogens is 409 g/mol. The topological polar surface area (TPSA) is 101 Å². The van der Waals surface area contributed by atoms with Crippen LogP contribution in [0.3, 0.4) is 0 Å². The summed E-state index contributed by atoms with van der Waals surface area (Å²) in [5, 5.41) is 17.8. The largest absolute Gasteiger partial charge is 0.321 e. The molecule has 0 aliphatic rings. The normalized spacial score (nSPS) is 11.1.